The first-order chi connectivity index (χ1) is 6.36. The van der Waals surface area contributed by atoms with Gasteiger partial charge in [0.05, 0.1) is 0 Å². The summed E-state index contributed by atoms with van der Waals surface area (Å²) in [6.07, 6.45) is 0. The summed E-state index contributed by atoms with van der Waals surface area (Å²) < 4.78 is 0. The van der Waals surface area contributed by atoms with E-state index in [2.05, 4.69) is 36.5 Å². The average Bonchev–Trinajstić information content (AvgIpc) is 2.20. The van der Waals surface area contributed by atoms with Gasteiger partial charge in [-0.3, -0.25) is 0 Å². The fraction of sp³-hybridized carbons (Fsp3) is 0.455. The van der Waals surface area contributed by atoms with E-state index < -0.39 is 0 Å². The Morgan fingerprint density at radius 2 is 2.08 bits per heavy atom. The first-order valence-electron chi connectivity index (χ1n) is 4.68. The van der Waals surface area contributed by atoms with Crippen molar-refractivity contribution in [2.24, 2.45) is 0 Å². The van der Waals surface area contributed by atoms with Gasteiger partial charge >= 0.3 is 0 Å². The van der Waals surface area contributed by atoms with E-state index in [4.69, 9.17) is 0 Å². The number of hydrogen-bond donors (Lipinski definition) is 0. The summed E-state index contributed by atoms with van der Waals surface area (Å²) in [6.45, 7) is 4.16. The Kier molecular flexibility index (Phi) is 2.91. The van der Waals surface area contributed by atoms with E-state index in [1.54, 1.807) is 0 Å². The molecule has 0 aliphatic carbocycles. The molecular weight excluding hydrogens is 178 g/mol. The van der Waals surface area contributed by atoms with Gasteiger partial charge in [0.2, 0.25) is 0 Å². The van der Waals surface area contributed by atoms with Crippen LogP contribution in [0.3, 0.4) is 0 Å². The van der Waals surface area contributed by atoms with Gasteiger partial charge in [0.25, 0.3) is 0 Å². The minimum atomic E-state index is 0.606. The molecule has 1 unspecified atom stereocenters. The highest BCUT2D eigenvalue weighted by molar-refractivity contribution is 7.99. The molecule has 1 aliphatic rings. The van der Waals surface area contributed by atoms with Gasteiger partial charge < -0.3 is 0 Å². The van der Waals surface area contributed by atoms with Crippen molar-refractivity contribution < 1.29 is 0 Å². The van der Waals surface area contributed by atoms with Crippen molar-refractivity contribution in [3.63, 3.8) is 0 Å². The summed E-state index contributed by atoms with van der Waals surface area (Å²) in [7, 11) is 0. The van der Waals surface area contributed by atoms with Gasteiger partial charge in [-0.05, 0) is 12.5 Å². The second kappa shape index (κ2) is 4.16. The van der Waals surface area contributed by atoms with Crippen molar-refractivity contribution in [1.82, 2.24) is 5.32 Å². The molecule has 69 valence electrons. The standard InChI is InChI=1S/C11H14NS/c1-9-2-4-10(5-3-9)11-8-12-6-7-13-11/h2-5,11H,6-8H2,1H3. The highest BCUT2D eigenvalue weighted by Crippen LogP contribution is 2.30. The Bertz CT molecular complexity index is 262. The summed E-state index contributed by atoms with van der Waals surface area (Å²) in [6, 6.07) is 8.83. The molecule has 0 amide bonds. The lowest BCUT2D eigenvalue weighted by atomic mass is 10.1. The first kappa shape index (κ1) is 9.10. The van der Waals surface area contributed by atoms with E-state index in [1.165, 1.54) is 16.9 Å². The topological polar surface area (TPSA) is 14.1 Å². The molecule has 2 heteroatoms. The molecule has 0 N–H and O–H groups in total. The van der Waals surface area contributed by atoms with Crippen LogP contribution in [-0.2, 0) is 0 Å². The highest BCUT2D eigenvalue weighted by Gasteiger charge is 2.15. The quantitative estimate of drug-likeness (QED) is 0.666. The smallest absolute Gasteiger partial charge is 0.0439 e. The highest BCUT2D eigenvalue weighted by atomic mass is 32.2. The molecule has 1 heterocycles. The van der Waals surface area contributed by atoms with E-state index in [0.717, 1.165) is 13.1 Å². The number of aryl methyl sites for hydroxylation is 1. The second-order valence-electron chi connectivity index (χ2n) is 3.40. The van der Waals surface area contributed by atoms with Crippen molar-refractivity contribution in [3.8, 4) is 0 Å². The van der Waals surface area contributed by atoms with Gasteiger partial charge in [-0.2, -0.15) is 11.8 Å². The second-order valence-corrected chi connectivity index (χ2v) is 4.71. The zero-order valence-corrected chi connectivity index (χ0v) is 8.68. The number of rotatable bonds is 1. The average molecular weight is 192 g/mol. The molecule has 1 nitrogen and oxygen atoms in total. The number of benzene rings is 1. The van der Waals surface area contributed by atoms with Crippen molar-refractivity contribution in [2.45, 2.75) is 12.2 Å². The third-order valence-corrected chi connectivity index (χ3v) is 3.55. The summed E-state index contributed by atoms with van der Waals surface area (Å²) >= 11 is 2.03. The molecule has 2 rings (SSSR count). The van der Waals surface area contributed by atoms with Gasteiger partial charge in [0.1, 0.15) is 0 Å². The first-order valence-corrected chi connectivity index (χ1v) is 5.72. The molecule has 0 bridgehead atoms. The van der Waals surface area contributed by atoms with E-state index in [-0.39, 0.29) is 0 Å². The fourth-order valence-corrected chi connectivity index (χ4v) is 2.58. The minimum absolute atomic E-state index is 0.606. The fourth-order valence-electron chi connectivity index (χ4n) is 1.50. The van der Waals surface area contributed by atoms with Crippen LogP contribution in [0.5, 0.6) is 0 Å². The van der Waals surface area contributed by atoms with E-state index >= 15 is 0 Å². The Balaban J connectivity index is 2.10. The Labute approximate surface area is 83.9 Å². The molecule has 1 fully saturated rings. The molecular formula is C11H14NS. The zero-order valence-electron chi connectivity index (χ0n) is 7.86. The van der Waals surface area contributed by atoms with E-state index in [0.29, 0.717) is 5.25 Å². The molecule has 0 aromatic heterocycles. The van der Waals surface area contributed by atoms with E-state index in [9.17, 15) is 0 Å². The van der Waals surface area contributed by atoms with Gasteiger partial charge in [0, 0.05) is 24.1 Å². The number of thioether (sulfide) groups is 1. The van der Waals surface area contributed by atoms with Crippen LogP contribution in [0.1, 0.15) is 16.4 Å². The Morgan fingerprint density at radius 1 is 1.31 bits per heavy atom. The van der Waals surface area contributed by atoms with Crippen LogP contribution in [0, 0.1) is 6.92 Å². The van der Waals surface area contributed by atoms with Crippen LogP contribution >= 0.6 is 11.8 Å². The molecule has 1 saturated heterocycles. The molecule has 1 aromatic rings. The van der Waals surface area contributed by atoms with Crippen LogP contribution in [-0.4, -0.2) is 18.8 Å². The van der Waals surface area contributed by atoms with Gasteiger partial charge in [-0.15, -0.1) is 0 Å². The predicted octanol–water partition coefficient (Wildman–Crippen LogP) is 2.39. The largest absolute Gasteiger partial charge is 0.239 e. The van der Waals surface area contributed by atoms with Crippen LogP contribution in [0.25, 0.3) is 0 Å². The molecule has 1 aromatic carbocycles. The maximum atomic E-state index is 4.44. The minimum Gasteiger partial charge on any atom is -0.239 e. The third-order valence-electron chi connectivity index (χ3n) is 2.31. The molecule has 1 atom stereocenters. The SMILES string of the molecule is Cc1ccc(C2C[N]CCS2)cc1. The monoisotopic (exact) mass is 192 g/mol. The van der Waals surface area contributed by atoms with Crippen molar-refractivity contribution in [3.05, 3.63) is 35.4 Å². The molecule has 0 spiro atoms. The van der Waals surface area contributed by atoms with Crippen LogP contribution < -0.4 is 5.32 Å². The maximum Gasteiger partial charge on any atom is 0.0439 e. The van der Waals surface area contributed by atoms with Crippen molar-refractivity contribution in [1.29, 1.82) is 0 Å². The summed E-state index contributed by atoms with van der Waals surface area (Å²) in [5, 5.41) is 5.04. The summed E-state index contributed by atoms with van der Waals surface area (Å²) in [5.74, 6) is 1.18. The Morgan fingerprint density at radius 3 is 2.69 bits per heavy atom. The number of nitrogens with zero attached hydrogens (tertiary/aromatic N) is 1. The van der Waals surface area contributed by atoms with Gasteiger partial charge in [-0.25, -0.2) is 5.32 Å². The summed E-state index contributed by atoms with van der Waals surface area (Å²) in [4.78, 5) is 0. The predicted molar refractivity (Wildman–Crippen MR) is 58.2 cm³/mol. The lowest BCUT2D eigenvalue weighted by Gasteiger charge is -2.21. The van der Waals surface area contributed by atoms with Gasteiger partial charge in [-0.1, -0.05) is 29.8 Å². The number of hydrogen-bond acceptors (Lipinski definition) is 1. The van der Waals surface area contributed by atoms with E-state index in [1.807, 2.05) is 11.8 Å². The molecule has 1 radical (unpaired) electrons. The molecule has 13 heavy (non-hydrogen) atoms. The maximum absolute atomic E-state index is 4.44. The van der Waals surface area contributed by atoms with Crippen LogP contribution in [0.4, 0.5) is 0 Å². The normalized spacial score (nSPS) is 23.0. The van der Waals surface area contributed by atoms with Gasteiger partial charge in [0.15, 0.2) is 0 Å². The summed E-state index contributed by atoms with van der Waals surface area (Å²) in [5.41, 5.74) is 2.76. The van der Waals surface area contributed by atoms with Crippen LogP contribution in [0.2, 0.25) is 0 Å². The lowest BCUT2D eigenvalue weighted by Crippen LogP contribution is -2.21. The molecule has 1 aliphatic heterocycles. The van der Waals surface area contributed by atoms with Crippen molar-refractivity contribution >= 4 is 11.8 Å². The molecule has 0 saturated carbocycles. The Hall–Kier alpha value is -0.470. The van der Waals surface area contributed by atoms with Crippen LogP contribution in [0.15, 0.2) is 24.3 Å². The van der Waals surface area contributed by atoms with Crippen molar-refractivity contribution in [2.75, 3.05) is 18.8 Å². The zero-order chi connectivity index (χ0) is 9.10. The lowest BCUT2D eigenvalue weighted by molar-refractivity contribution is 0.675. The third kappa shape index (κ3) is 2.26.